The first-order chi connectivity index (χ1) is 7.81. The summed E-state index contributed by atoms with van der Waals surface area (Å²) in [5.41, 5.74) is 2.47. The Kier molecular flexibility index (Phi) is 3.37. The third-order valence-electron chi connectivity index (χ3n) is 2.77. The van der Waals surface area contributed by atoms with Gasteiger partial charge in [0, 0.05) is 24.9 Å². The van der Waals surface area contributed by atoms with Crippen LogP contribution < -0.4 is 5.32 Å². The lowest BCUT2D eigenvalue weighted by atomic mass is 10.00. The molecule has 0 aliphatic rings. The van der Waals surface area contributed by atoms with Gasteiger partial charge in [0.15, 0.2) is 0 Å². The van der Waals surface area contributed by atoms with Gasteiger partial charge in [-0.2, -0.15) is 0 Å². The summed E-state index contributed by atoms with van der Waals surface area (Å²) >= 11 is 0. The maximum atomic E-state index is 5.37. The van der Waals surface area contributed by atoms with Gasteiger partial charge in [-0.15, -0.1) is 0 Å². The Balaban J connectivity index is 2.20. The summed E-state index contributed by atoms with van der Waals surface area (Å²) in [6.45, 7) is 2.08. The highest BCUT2D eigenvalue weighted by Gasteiger charge is 2.13. The van der Waals surface area contributed by atoms with E-state index < -0.39 is 0 Å². The maximum absolute atomic E-state index is 5.37. The van der Waals surface area contributed by atoms with E-state index in [0.29, 0.717) is 0 Å². The normalized spacial score (nSPS) is 12.6. The molecule has 3 heteroatoms. The molecule has 1 unspecified atom stereocenters. The van der Waals surface area contributed by atoms with Crippen molar-refractivity contribution in [3.63, 3.8) is 0 Å². The number of aryl methyl sites for hydroxylation is 1. The predicted octanol–water partition coefficient (Wildman–Crippen LogP) is 2.49. The molecule has 84 valence electrons. The molecule has 0 saturated heterocycles. The van der Waals surface area contributed by atoms with E-state index in [2.05, 4.69) is 23.3 Å². The highest BCUT2D eigenvalue weighted by molar-refractivity contribution is 5.26. The molecule has 16 heavy (non-hydrogen) atoms. The molecule has 1 N–H and O–H groups in total. The number of nitrogens with one attached hydrogen (secondary N) is 1. The largest absolute Gasteiger partial charge is 0.469 e. The van der Waals surface area contributed by atoms with Crippen LogP contribution in [0.4, 0.5) is 0 Å². The summed E-state index contributed by atoms with van der Waals surface area (Å²) in [7, 11) is 1.97. The second-order valence-corrected chi connectivity index (χ2v) is 3.86. The molecule has 0 amide bonds. The zero-order chi connectivity index (χ0) is 11.4. The summed E-state index contributed by atoms with van der Waals surface area (Å²) in [5.74, 6) is 0.996. The van der Waals surface area contributed by atoms with Gasteiger partial charge in [-0.1, -0.05) is 0 Å². The Labute approximate surface area is 95.5 Å². The van der Waals surface area contributed by atoms with Gasteiger partial charge >= 0.3 is 0 Å². The molecule has 0 aromatic carbocycles. The molecule has 0 aliphatic carbocycles. The standard InChI is InChI=1S/C13H16N2O/c1-10-9-15-6-5-12(10)13(14-2)8-11-4-3-7-16-11/h3-7,9,13-14H,8H2,1-2H3. The van der Waals surface area contributed by atoms with Gasteiger partial charge in [-0.3, -0.25) is 4.98 Å². The number of rotatable bonds is 4. The minimum atomic E-state index is 0.272. The minimum Gasteiger partial charge on any atom is -0.469 e. The third kappa shape index (κ3) is 2.31. The molecular weight excluding hydrogens is 200 g/mol. The fraction of sp³-hybridized carbons (Fsp3) is 0.308. The molecule has 2 heterocycles. The van der Waals surface area contributed by atoms with Gasteiger partial charge < -0.3 is 9.73 Å². The monoisotopic (exact) mass is 216 g/mol. The van der Waals surface area contributed by atoms with Crippen LogP contribution in [0, 0.1) is 6.92 Å². The molecule has 1 atom stereocenters. The number of nitrogens with zero attached hydrogens (tertiary/aromatic N) is 1. The smallest absolute Gasteiger partial charge is 0.105 e. The van der Waals surface area contributed by atoms with Gasteiger partial charge in [0.05, 0.1) is 6.26 Å². The van der Waals surface area contributed by atoms with Crippen molar-refractivity contribution in [2.75, 3.05) is 7.05 Å². The van der Waals surface area contributed by atoms with Crippen LogP contribution in [0.1, 0.15) is 22.9 Å². The van der Waals surface area contributed by atoms with Crippen molar-refractivity contribution < 1.29 is 4.42 Å². The van der Waals surface area contributed by atoms with Crippen molar-refractivity contribution in [3.05, 3.63) is 53.7 Å². The zero-order valence-corrected chi connectivity index (χ0v) is 9.60. The van der Waals surface area contributed by atoms with Gasteiger partial charge in [0.2, 0.25) is 0 Å². The van der Waals surface area contributed by atoms with Crippen LogP contribution in [-0.4, -0.2) is 12.0 Å². The summed E-state index contributed by atoms with van der Waals surface area (Å²) < 4.78 is 5.37. The van der Waals surface area contributed by atoms with Gasteiger partial charge in [-0.05, 0) is 43.3 Å². The van der Waals surface area contributed by atoms with Crippen LogP contribution in [-0.2, 0) is 6.42 Å². The fourth-order valence-electron chi connectivity index (χ4n) is 1.87. The van der Waals surface area contributed by atoms with Crippen LogP contribution in [0.5, 0.6) is 0 Å². The first-order valence-electron chi connectivity index (χ1n) is 5.41. The van der Waals surface area contributed by atoms with Crippen molar-refractivity contribution >= 4 is 0 Å². The van der Waals surface area contributed by atoms with Crippen molar-refractivity contribution in [3.8, 4) is 0 Å². The van der Waals surface area contributed by atoms with E-state index in [9.17, 15) is 0 Å². The van der Waals surface area contributed by atoms with E-state index in [4.69, 9.17) is 4.42 Å². The molecule has 0 saturated carbocycles. The topological polar surface area (TPSA) is 38.1 Å². The van der Waals surface area contributed by atoms with Crippen LogP contribution >= 0.6 is 0 Å². The molecule has 2 rings (SSSR count). The van der Waals surface area contributed by atoms with E-state index in [0.717, 1.165) is 12.2 Å². The number of pyridine rings is 1. The molecule has 0 spiro atoms. The van der Waals surface area contributed by atoms with E-state index in [-0.39, 0.29) is 6.04 Å². The first-order valence-corrected chi connectivity index (χ1v) is 5.41. The van der Waals surface area contributed by atoms with Gasteiger partial charge in [0.25, 0.3) is 0 Å². The summed E-state index contributed by atoms with van der Waals surface area (Å²) in [6.07, 6.45) is 6.28. The lowest BCUT2D eigenvalue weighted by Gasteiger charge is -2.17. The molecular formula is C13H16N2O. The Morgan fingerprint density at radius 1 is 1.44 bits per heavy atom. The van der Waals surface area contributed by atoms with Crippen LogP contribution in [0.2, 0.25) is 0 Å². The summed E-state index contributed by atoms with van der Waals surface area (Å²) in [5, 5.41) is 3.31. The molecule has 0 bridgehead atoms. The van der Waals surface area contributed by atoms with E-state index in [1.165, 1.54) is 11.1 Å². The highest BCUT2D eigenvalue weighted by atomic mass is 16.3. The Morgan fingerprint density at radius 3 is 2.94 bits per heavy atom. The first kappa shape index (κ1) is 10.9. The average Bonchev–Trinajstić information content (AvgIpc) is 2.80. The second kappa shape index (κ2) is 4.94. The van der Waals surface area contributed by atoms with E-state index in [1.807, 2.05) is 31.6 Å². The van der Waals surface area contributed by atoms with Gasteiger partial charge in [0.1, 0.15) is 5.76 Å². The van der Waals surface area contributed by atoms with Gasteiger partial charge in [-0.25, -0.2) is 0 Å². The lowest BCUT2D eigenvalue weighted by Crippen LogP contribution is -2.19. The number of aromatic nitrogens is 1. The Morgan fingerprint density at radius 2 is 2.31 bits per heavy atom. The average molecular weight is 216 g/mol. The second-order valence-electron chi connectivity index (χ2n) is 3.86. The van der Waals surface area contributed by atoms with Crippen molar-refractivity contribution in [1.29, 1.82) is 0 Å². The Hall–Kier alpha value is -1.61. The van der Waals surface area contributed by atoms with Crippen molar-refractivity contribution in [2.45, 2.75) is 19.4 Å². The lowest BCUT2D eigenvalue weighted by molar-refractivity contribution is 0.465. The van der Waals surface area contributed by atoms with Crippen LogP contribution in [0.25, 0.3) is 0 Å². The molecule has 2 aromatic rings. The fourth-order valence-corrected chi connectivity index (χ4v) is 1.87. The van der Waals surface area contributed by atoms with Crippen LogP contribution in [0.15, 0.2) is 41.3 Å². The van der Waals surface area contributed by atoms with E-state index >= 15 is 0 Å². The summed E-state index contributed by atoms with van der Waals surface area (Å²) in [6, 6.07) is 6.25. The number of hydrogen-bond donors (Lipinski definition) is 1. The maximum Gasteiger partial charge on any atom is 0.105 e. The van der Waals surface area contributed by atoms with Crippen molar-refractivity contribution in [2.24, 2.45) is 0 Å². The highest BCUT2D eigenvalue weighted by Crippen LogP contribution is 2.20. The number of likely N-dealkylation sites (N-methyl/N-ethyl adjacent to an activating group) is 1. The zero-order valence-electron chi connectivity index (χ0n) is 9.60. The Bertz CT molecular complexity index is 437. The third-order valence-corrected chi connectivity index (χ3v) is 2.77. The minimum absolute atomic E-state index is 0.272. The number of furan rings is 1. The number of hydrogen-bond acceptors (Lipinski definition) is 3. The predicted molar refractivity (Wildman–Crippen MR) is 63.2 cm³/mol. The quantitative estimate of drug-likeness (QED) is 0.853. The molecule has 3 nitrogen and oxygen atoms in total. The SMILES string of the molecule is CNC(Cc1ccco1)c1ccncc1C. The molecule has 0 aliphatic heterocycles. The van der Waals surface area contributed by atoms with Crippen molar-refractivity contribution in [1.82, 2.24) is 10.3 Å². The van der Waals surface area contributed by atoms with Crippen LogP contribution in [0.3, 0.4) is 0 Å². The van der Waals surface area contributed by atoms with E-state index in [1.54, 1.807) is 6.26 Å². The molecule has 0 fully saturated rings. The molecule has 2 aromatic heterocycles. The summed E-state index contributed by atoms with van der Waals surface area (Å²) in [4.78, 5) is 4.11. The molecule has 0 radical (unpaired) electrons.